The number of methoxy groups -OCH3 is 2. The van der Waals surface area contributed by atoms with Crippen molar-refractivity contribution in [3.63, 3.8) is 0 Å². The van der Waals surface area contributed by atoms with E-state index in [-0.39, 0.29) is 11.8 Å². The molecule has 3 atom stereocenters. The summed E-state index contributed by atoms with van der Waals surface area (Å²) in [5.74, 6) is -0.659. The first-order chi connectivity index (χ1) is 8.67. The molecule has 0 radical (unpaired) electrons. The van der Waals surface area contributed by atoms with Crippen molar-refractivity contribution >= 4 is 0 Å². The van der Waals surface area contributed by atoms with Crippen LogP contribution in [-0.4, -0.2) is 30.7 Å². The van der Waals surface area contributed by atoms with Gasteiger partial charge in [0.15, 0.2) is 5.79 Å². The average molecular weight is 248 g/mol. The van der Waals surface area contributed by atoms with Gasteiger partial charge in [0.05, 0.1) is 11.5 Å². The highest BCUT2D eigenvalue weighted by Crippen LogP contribution is 2.58. The first kappa shape index (κ1) is 12.2. The lowest BCUT2D eigenvalue weighted by molar-refractivity contribution is -0.238. The lowest BCUT2D eigenvalue weighted by Gasteiger charge is -2.37. The Morgan fingerprint density at radius 2 is 2.06 bits per heavy atom. The summed E-state index contributed by atoms with van der Waals surface area (Å²) >= 11 is 0. The molecule has 1 fully saturated rings. The molecule has 2 bridgehead atoms. The monoisotopic (exact) mass is 248 g/mol. The Morgan fingerprint density at radius 3 is 2.61 bits per heavy atom. The summed E-state index contributed by atoms with van der Waals surface area (Å²) in [4.78, 5) is 0. The van der Waals surface area contributed by atoms with Crippen LogP contribution in [0.3, 0.4) is 0 Å². The van der Waals surface area contributed by atoms with Gasteiger partial charge in [0.25, 0.3) is 0 Å². The zero-order chi connectivity index (χ0) is 12.8. The summed E-state index contributed by atoms with van der Waals surface area (Å²) in [5.41, 5.74) is 0.302. The highest BCUT2D eigenvalue weighted by atomic mass is 16.7. The van der Waals surface area contributed by atoms with Gasteiger partial charge in [-0.15, -0.1) is 0 Å². The number of hydrogen-bond donors (Lipinski definition) is 1. The average Bonchev–Trinajstić information content (AvgIpc) is 2.90. The Bertz CT molecular complexity index is 431. The molecule has 0 aliphatic heterocycles. The molecule has 0 saturated heterocycles. The van der Waals surface area contributed by atoms with Gasteiger partial charge < -0.3 is 14.6 Å². The van der Waals surface area contributed by atoms with Crippen molar-refractivity contribution in [2.45, 2.75) is 30.7 Å². The number of fused-ring (bicyclic) bond motifs is 2. The zero-order valence-corrected chi connectivity index (χ0v) is 10.9. The van der Waals surface area contributed by atoms with Crippen LogP contribution < -0.4 is 0 Å². The Morgan fingerprint density at radius 1 is 1.28 bits per heavy atom. The van der Waals surface area contributed by atoms with Gasteiger partial charge in [0, 0.05) is 20.1 Å². The van der Waals surface area contributed by atoms with Gasteiger partial charge in [-0.25, -0.2) is 0 Å². The van der Waals surface area contributed by atoms with Crippen LogP contribution in [0, 0.1) is 11.8 Å². The Balaban J connectivity index is 1.99. The molecule has 0 spiro atoms. The molecule has 3 aliphatic rings. The summed E-state index contributed by atoms with van der Waals surface area (Å²) in [7, 11) is 3.33. The van der Waals surface area contributed by atoms with Gasteiger partial charge in [-0.05, 0) is 24.8 Å². The maximum absolute atomic E-state index is 11.1. The summed E-state index contributed by atoms with van der Waals surface area (Å²) in [5, 5.41) is 11.1. The van der Waals surface area contributed by atoms with E-state index >= 15 is 0 Å². The van der Waals surface area contributed by atoms with E-state index in [2.05, 4.69) is 18.2 Å². The molecule has 0 heterocycles. The lowest BCUT2D eigenvalue weighted by atomic mass is 9.78. The van der Waals surface area contributed by atoms with Crippen molar-refractivity contribution in [1.82, 2.24) is 0 Å². The van der Waals surface area contributed by atoms with Crippen LogP contribution in [0.2, 0.25) is 0 Å². The SMILES string of the molecule is COC1(OC)[C@H]2C=C[C@H]1C[C@]2(O)C1=CC=CCC1. The second kappa shape index (κ2) is 4.05. The number of allylic oxidation sites excluding steroid dienone is 3. The van der Waals surface area contributed by atoms with Gasteiger partial charge in [-0.1, -0.05) is 30.4 Å². The fourth-order valence-electron chi connectivity index (χ4n) is 3.84. The molecule has 0 amide bonds. The number of hydrogen-bond acceptors (Lipinski definition) is 3. The highest BCUT2D eigenvalue weighted by molar-refractivity contribution is 5.37. The smallest absolute Gasteiger partial charge is 0.183 e. The third-order valence-corrected chi connectivity index (χ3v) is 4.74. The van der Waals surface area contributed by atoms with Gasteiger partial charge in [-0.2, -0.15) is 0 Å². The molecule has 0 aromatic rings. The number of rotatable bonds is 3. The van der Waals surface area contributed by atoms with Crippen LogP contribution in [0.15, 0.2) is 36.0 Å². The minimum Gasteiger partial charge on any atom is -0.385 e. The van der Waals surface area contributed by atoms with Gasteiger partial charge in [-0.3, -0.25) is 0 Å². The first-order valence-electron chi connectivity index (χ1n) is 6.54. The Hall–Kier alpha value is -0.900. The van der Waals surface area contributed by atoms with E-state index in [0.717, 1.165) is 18.4 Å². The van der Waals surface area contributed by atoms with E-state index in [0.29, 0.717) is 6.42 Å². The second-order valence-electron chi connectivity index (χ2n) is 5.39. The maximum Gasteiger partial charge on any atom is 0.183 e. The summed E-state index contributed by atoms with van der Waals surface area (Å²) < 4.78 is 11.3. The van der Waals surface area contributed by atoms with Crippen LogP contribution in [0.4, 0.5) is 0 Å². The third-order valence-electron chi connectivity index (χ3n) is 4.74. The maximum atomic E-state index is 11.1. The van der Waals surface area contributed by atoms with Crippen molar-refractivity contribution in [2.24, 2.45) is 11.8 Å². The normalized spacial score (nSPS) is 40.3. The fraction of sp³-hybridized carbons (Fsp3) is 0.600. The van der Waals surface area contributed by atoms with Crippen molar-refractivity contribution in [3.05, 3.63) is 36.0 Å². The first-order valence-corrected chi connectivity index (χ1v) is 6.54. The lowest BCUT2D eigenvalue weighted by Crippen LogP contribution is -2.46. The topological polar surface area (TPSA) is 38.7 Å². The summed E-state index contributed by atoms with van der Waals surface area (Å²) in [6.45, 7) is 0. The second-order valence-corrected chi connectivity index (χ2v) is 5.39. The van der Waals surface area contributed by atoms with E-state index in [1.54, 1.807) is 14.2 Å². The number of ether oxygens (including phenoxy) is 2. The van der Waals surface area contributed by atoms with E-state index in [4.69, 9.17) is 9.47 Å². The Kier molecular flexibility index (Phi) is 2.73. The van der Waals surface area contributed by atoms with Crippen molar-refractivity contribution < 1.29 is 14.6 Å². The summed E-state index contributed by atoms with van der Waals surface area (Å²) in [6, 6.07) is 0. The molecule has 0 unspecified atom stereocenters. The van der Waals surface area contributed by atoms with Crippen LogP contribution in [0.25, 0.3) is 0 Å². The predicted octanol–water partition coefficient (Wildman–Crippen LogP) is 2.19. The highest BCUT2D eigenvalue weighted by Gasteiger charge is 2.65. The molecular formula is C15H20O3. The summed E-state index contributed by atoms with van der Waals surface area (Å²) in [6.07, 6.45) is 13.0. The van der Waals surface area contributed by atoms with Gasteiger partial charge in [0.2, 0.25) is 0 Å². The van der Waals surface area contributed by atoms with Gasteiger partial charge >= 0.3 is 0 Å². The molecule has 1 saturated carbocycles. The van der Waals surface area contributed by atoms with E-state index in [9.17, 15) is 5.11 Å². The quantitative estimate of drug-likeness (QED) is 0.614. The molecule has 3 nitrogen and oxygen atoms in total. The van der Waals surface area contributed by atoms with Crippen molar-refractivity contribution in [3.8, 4) is 0 Å². The molecular weight excluding hydrogens is 228 g/mol. The molecule has 0 aromatic carbocycles. The minimum atomic E-state index is -0.809. The van der Waals surface area contributed by atoms with Crippen LogP contribution in [-0.2, 0) is 9.47 Å². The Labute approximate surface area is 108 Å². The molecule has 3 heteroatoms. The third kappa shape index (κ3) is 1.35. The molecule has 98 valence electrons. The van der Waals surface area contributed by atoms with Crippen molar-refractivity contribution in [2.75, 3.05) is 14.2 Å². The van der Waals surface area contributed by atoms with E-state index in [1.165, 1.54) is 0 Å². The molecule has 18 heavy (non-hydrogen) atoms. The molecule has 1 N–H and O–H groups in total. The number of aliphatic hydroxyl groups is 1. The van der Waals surface area contributed by atoms with Crippen LogP contribution >= 0.6 is 0 Å². The largest absolute Gasteiger partial charge is 0.385 e. The minimum absolute atomic E-state index is 0.109. The molecule has 3 rings (SSSR count). The van der Waals surface area contributed by atoms with Crippen molar-refractivity contribution in [1.29, 1.82) is 0 Å². The van der Waals surface area contributed by atoms with Crippen LogP contribution in [0.1, 0.15) is 19.3 Å². The fourth-order valence-corrected chi connectivity index (χ4v) is 3.84. The van der Waals surface area contributed by atoms with E-state index in [1.807, 2.05) is 12.2 Å². The van der Waals surface area contributed by atoms with Gasteiger partial charge in [0.1, 0.15) is 0 Å². The molecule has 0 aromatic heterocycles. The molecule has 3 aliphatic carbocycles. The predicted molar refractivity (Wildman–Crippen MR) is 68.9 cm³/mol. The van der Waals surface area contributed by atoms with Crippen LogP contribution in [0.5, 0.6) is 0 Å². The standard InChI is InChI=1S/C15H20O3/c1-17-15(18-2)12-8-9-13(15)14(16,10-12)11-6-4-3-5-7-11/h3-4,6,8-9,12-13,16H,5,7,10H2,1-2H3/t12-,13-,14-/m0/s1. The zero-order valence-electron chi connectivity index (χ0n) is 10.9. The van der Waals surface area contributed by atoms with E-state index < -0.39 is 11.4 Å².